The van der Waals surface area contributed by atoms with Gasteiger partial charge in [0.25, 0.3) is 5.91 Å². The number of hydrogen-bond donors (Lipinski definition) is 1. The molecule has 1 fully saturated rings. The summed E-state index contributed by atoms with van der Waals surface area (Å²) in [5.74, 6) is 0.913. The number of thiazole rings is 1. The van der Waals surface area contributed by atoms with E-state index in [-0.39, 0.29) is 11.8 Å². The second kappa shape index (κ2) is 8.33. The fraction of sp³-hybridized carbons (Fsp3) is 0.353. The van der Waals surface area contributed by atoms with Gasteiger partial charge in [-0.25, -0.2) is 4.98 Å². The van der Waals surface area contributed by atoms with Crippen molar-refractivity contribution in [1.82, 2.24) is 15.2 Å². The summed E-state index contributed by atoms with van der Waals surface area (Å²) in [7, 11) is 0. The summed E-state index contributed by atoms with van der Waals surface area (Å²) in [5, 5.41) is 5.94. The van der Waals surface area contributed by atoms with Gasteiger partial charge in [-0.15, -0.1) is 23.1 Å². The molecule has 1 unspecified atom stereocenters. The van der Waals surface area contributed by atoms with Crippen LogP contribution in [0.5, 0.6) is 0 Å². The number of benzene rings is 1. The number of aromatic nitrogens is 1. The minimum Gasteiger partial charge on any atom is -0.349 e. The molecular weight excluding hydrogens is 422 g/mol. The van der Waals surface area contributed by atoms with Gasteiger partial charge >= 0.3 is 0 Å². The number of nitrogens with one attached hydrogen (secondary N) is 1. The quantitative estimate of drug-likeness (QED) is 0.775. The van der Waals surface area contributed by atoms with Crippen LogP contribution in [0.15, 0.2) is 34.1 Å². The van der Waals surface area contributed by atoms with Crippen molar-refractivity contribution in [2.45, 2.75) is 25.9 Å². The van der Waals surface area contributed by atoms with Crippen molar-refractivity contribution in [2.75, 3.05) is 11.6 Å². The van der Waals surface area contributed by atoms with Crippen LogP contribution in [0, 0.1) is 0 Å². The molecule has 0 spiro atoms. The third kappa shape index (κ3) is 4.43. The SMILES string of the molecule is CCc1nc(CNC(=O)C2CSCN2C(=O)c2ccc(Br)cc2)cs1. The maximum atomic E-state index is 12.7. The van der Waals surface area contributed by atoms with E-state index in [1.54, 1.807) is 40.1 Å². The van der Waals surface area contributed by atoms with Gasteiger partial charge in [0.05, 0.1) is 23.1 Å². The Morgan fingerprint density at radius 2 is 2.12 bits per heavy atom. The zero-order chi connectivity index (χ0) is 17.8. The second-order valence-electron chi connectivity index (χ2n) is 5.60. The predicted molar refractivity (Wildman–Crippen MR) is 105 cm³/mol. The van der Waals surface area contributed by atoms with Crippen LogP contribution in [0.4, 0.5) is 0 Å². The molecule has 2 heterocycles. The van der Waals surface area contributed by atoms with Crippen LogP contribution in [0.25, 0.3) is 0 Å². The molecule has 1 aliphatic heterocycles. The number of aryl methyl sites for hydroxylation is 1. The Kier molecular flexibility index (Phi) is 6.14. The molecule has 2 amide bonds. The zero-order valence-corrected chi connectivity index (χ0v) is 16.9. The molecule has 132 valence electrons. The molecular formula is C17H18BrN3O2S2. The maximum Gasteiger partial charge on any atom is 0.255 e. The average Bonchev–Trinajstić information content (AvgIpc) is 3.29. The van der Waals surface area contributed by atoms with E-state index in [0.29, 0.717) is 23.7 Å². The third-order valence-corrected chi connectivity index (χ3v) is 6.47. The lowest BCUT2D eigenvalue weighted by atomic mass is 10.1. The van der Waals surface area contributed by atoms with Crippen molar-refractivity contribution in [2.24, 2.45) is 0 Å². The number of hydrogen-bond acceptors (Lipinski definition) is 5. The molecule has 1 saturated heterocycles. The standard InChI is InChI=1S/C17H18BrN3O2S2/c1-2-15-20-13(8-25-15)7-19-16(22)14-9-24-10-21(14)17(23)11-3-5-12(18)6-4-11/h3-6,8,14H,2,7,9-10H2,1H3,(H,19,22). The smallest absolute Gasteiger partial charge is 0.255 e. The summed E-state index contributed by atoms with van der Waals surface area (Å²) in [6, 6.07) is 6.76. The fourth-order valence-electron chi connectivity index (χ4n) is 2.51. The van der Waals surface area contributed by atoms with Crippen LogP contribution in [0.3, 0.4) is 0 Å². The predicted octanol–water partition coefficient (Wildman–Crippen LogP) is 3.30. The highest BCUT2D eigenvalue weighted by Gasteiger charge is 2.35. The maximum absolute atomic E-state index is 12.7. The molecule has 2 aromatic rings. The number of amides is 2. The van der Waals surface area contributed by atoms with Crippen LogP contribution in [-0.2, 0) is 17.8 Å². The summed E-state index contributed by atoms with van der Waals surface area (Å²) in [6.45, 7) is 2.46. The van der Waals surface area contributed by atoms with Crippen molar-refractivity contribution < 1.29 is 9.59 Å². The number of halogens is 1. The number of rotatable bonds is 5. The molecule has 25 heavy (non-hydrogen) atoms. The van der Waals surface area contributed by atoms with E-state index in [4.69, 9.17) is 0 Å². The summed E-state index contributed by atoms with van der Waals surface area (Å²) < 4.78 is 0.920. The molecule has 1 N–H and O–H groups in total. The Morgan fingerprint density at radius 1 is 1.36 bits per heavy atom. The van der Waals surface area contributed by atoms with E-state index >= 15 is 0 Å². The zero-order valence-electron chi connectivity index (χ0n) is 13.7. The topological polar surface area (TPSA) is 62.3 Å². The minimum atomic E-state index is -0.439. The average molecular weight is 440 g/mol. The van der Waals surface area contributed by atoms with Gasteiger partial charge in [-0.1, -0.05) is 22.9 Å². The van der Waals surface area contributed by atoms with Gasteiger partial charge in [0.1, 0.15) is 6.04 Å². The van der Waals surface area contributed by atoms with Crippen LogP contribution in [0.2, 0.25) is 0 Å². The number of nitrogens with zero attached hydrogens (tertiary/aromatic N) is 2. The highest BCUT2D eigenvalue weighted by Crippen LogP contribution is 2.24. The molecule has 1 atom stereocenters. The normalized spacial score (nSPS) is 16.9. The van der Waals surface area contributed by atoms with E-state index in [9.17, 15) is 9.59 Å². The lowest BCUT2D eigenvalue weighted by Gasteiger charge is -2.23. The first-order valence-corrected chi connectivity index (χ1v) is 10.8. The molecule has 1 aliphatic rings. The first kappa shape index (κ1) is 18.4. The molecule has 0 saturated carbocycles. The van der Waals surface area contributed by atoms with Crippen LogP contribution in [0.1, 0.15) is 28.0 Å². The molecule has 5 nitrogen and oxygen atoms in total. The first-order chi connectivity index (χ1) is 12.1. The monoisotopic (exact) mass is 439 g/mol. The number of carbonyl (C=O) groups excluding carboxylic acids is 2. The summed E-state index contributed by atoms with van der Waals surface area (Å²) in [5.41, 5.74) is 1.46. The van der Waals surface area contributed by atoms with Crippen LogP contribution in [-0.4, -0.2) is 39.4 Å². The van der Waals surface area contributed by atoms with Crippen LogP contribution >= 0.6 is 39.0 Å². The minimum absolute atomic E-state index is 0.112. The van der Waals surface area contributed by atoms with E-state index in [2.05, 4.69) is 33.2 Å². The van der Waals surface area contributed by atoms with Crippen molar-refractivity contribution >= 4 is 50.8 Å². The highest BCUT2D eigenvalue weighted by molar-refractivity contribution is 9.10. The molecule has 3 rings (SSSR count). The Bertz CT molecular complexity index is 764. The lowest BCUT2D eigenvalue weighted by molar-refractivity contribution is -0.124. The third-order valence-electron chi connectivity index (χ3n) is 3.88. The van der Waals surface area contributed by atoms with Gasteiger partial charge in [-0.2, -0.15) is 0 Å². The van der Waals surface area contributed by atoms with Gasteiger partial charge in [-0.3, -0.25) is 9.59 Å². The number of thioether (sulfide) groups is 1. The summed E-state index contributed by atoms with van der Waals surface area (Å²) in [6.07, 6.45) is 0.896. The Hall–Kier alpha value is -1.38. The fourth-order valence-corrected chi connectivity index (χ4v) is 4.67. The van der Waals surface area contributed by atoms with E-state index < -0.39 is 6.04 Å². The summed E-state index contributed by atoms with van der Waals surface area (Å²) in [4.78, 5) is 31.3. The van der Waals surface area contributed by atoms with Crippen molar-refractivity contribution in [3.8, 4) is 0 Å². The van der Waals surface area contributed by atoms with Gasteiger partial charge < -0.3 is 10.2 Å². The molecule has 1 aromatic carbocycles. The van der Waals surface area contributed by atoms with E-state index in [0.717, 1.165) is 21.6 Å². The molecule has 0 bridgehead atoms. The largest absolute Gasteiger partial charge is 0.349 e. The lowest BCUT2D eigenvalue weighted by Crippen LogP contribution is -2.47. The van der Waals surface area contributed by atoms with Gasteiger partial charge in [0, 0.05) is 21.2 Å². The molecule has 1 aromatic heterocycles. The van der Waals surface area contributed by atoms with E-state index in [1.807, 2.05) is 17.5 Å². The molecule has 0 radical (unpaired) electrons. The number of carbonyl (C=O) groups is 2. The van der Waals surface area contributed by atoms with Crippen LogP contribution < -0.4 is 5.32 Å². The van der Waals surface area contributed by atoms with Gasteiger partial charge in [-0.05, 0) is 30.7 Å². The van der Waals surface area contributed by atoms with Crippen molar-refractivity contribution in [3.63, 3.8) is 0 Å². The van der Waals surface area contributed by atoms with Gasteiger partial charge in [0.2, 0.25) is 5.91 Å². The Morgan fingerprint density at radius 3 is 2.80 bits per heavy atom. The second-order valence-corrected chi connectivity index (χ2v) is 8.46. The molecule has 8 heteroatoms. The first-order valence-electron chi connectivity index (χ1n) is 7.93. The molecule has 0 aliphatic carbocycles. The van der Waals surface area contributed by atoms with E-state index in [1.165, 1.54) is 0 Å². The summed E-state index contributed by atoms with van der Waals surface area (Å²) >= 11 is 6.56. The Balaban J connectivity index is 1.62. The highest BCUT2D eigenvalue weighted by atomic mass is 79.9. The Labute approximate surface area is 163 Å². The van der Waals surface area contributed by atoms with Crippen molar-refractivity contribution in [3.05, 3.63) is 50.4 Å². The van der Waals surface area contributed by atoms with Gasteiger partial charge in [0.15, 0.2) is 0 Å². The van der Waals surface area contributed by atoms with Crippen molar-refractivity contribution in [1.29, 1.82) is 0 Å².